The van der Waals surface area contributed by atoms with Crippen LogP contribution in [0, 0.1) is 12.7 Å². The van der Waals surface area contributed by atoms with Crippen molar-refractivity contribution in [1.82, 2.24) is 10.3 Å². The Morgan fingerprint density at radius 3 is 2.94 bits per heavy atom. The SMILES string of the molecule is CCNCc1nc(-c2ccc(C)c(F)c2)cs1. The summed E-state index contributed by atoms with van der Waals surface area (Å²) in [6.45, 7) is 5.52. The van der Waals surface area contributed by atoms with Crippen LogP contribution in [-0.2, 0) is 6.54 Å². The molecule has 0 amide bonds. The van der Waals surface area contributed by atoms with Gasteiger partial charge < -0.3 is 5.32 Å². The maximum Gasteiger partial charge on any atom is 0.126 e. The molecule has 90 valence electrons. The zero-order valence-corrected chi connectivity index (χ0v) is 10.8. The zero-order chi connectivity index (χ0) is 12.3. The van der Waals surface area contributed by atoms with Crippen molar-refractivity contribution >= 4 is 11.3 Å². The number of nitrogens with zero attached hydrogens (tertiary/aromatic N) is 1. The van der Waals surface area contributed by atoms with Crippen molar-refractivity contribution in [3.05, 3.63) is 40.0 Å². The van der Waals surface area contributed by atoms with Crippen molar-refractivity contribution in [2.24, 2.45) is 0 Å². The molecule has 0 fully saturated rings. The second-order valence-corrected chi connectivity index (χ2v) is 4.81. The van der Waals surface area contributed by atoms with Crippen molar-refractivity contribution < 1.29 is 4.39 Å². The fourth-order valence-corrected chi connectivity index (χ4v) is 2.28. The maximum atomic E-state index is 13.4. The molecule has 0 saturated heterocycles. The van der Waals surface area contributed by atoms with Crippen LogP contribution in [0.15, 0.2) is 23.6 Å². The number of aryl methyl sites for hydroxylation is 1. The molecule has 0 aliphatic rings. The Hall–Kier alpha value is -1.26. The Balaban J connectivity index is 2.21. The van der Waals surface area contributed by atoms with Crippen molar-refractivity contribution in [1.29, 1.82) is 0 Å². The number of aromatic nitrogens is 1. The number of hydrogen-bond acceptors (Lipinski definition) is 3. The molecule has 2 aromatic rings. The van der Waals surface area contributed by atoms with Crippen LogP contribution in [0.3, 0.4) is 0 Å². The summed E-state index contributed by atoms with van der Waals surface area (Å²) in [6, 6.07) is 5.24. The van der Waals surface area contributed by atoms with Crippen LogP contribution in [0.25, 0.3) is 11.3 Å². The molecule has 17 heavy (non-hydrogen) atoms. The van der Waals surface area contributed by atoms with Gasteiger partial charge in [-0.05, 0) is 25.1 Å². The molecule has 4 heteroatoms. The van der Waals surface area contributed by atoms with E-state index in [0.29, 0.717) is 5.56 Å². The van der Waals surface area contributed by atoms with Gasteiger partial charge in [0, 0.05) is 17.5 Å². The average molecular weight is 250 g/mol. The van der Waals surface area contributed by atoms with E-state index < -0.39 is 0 Å². The van der Waals surface area contributed by atoms with Crippen LogP contribution in [0.1, 0.15) is 17.5 Å². The van der Waals surface area contributed by atoms with E-state index in [1.165, 1.54) is 0 Å². The third kappa shape index (κ3) is 2.90. The molecule has 2 rings (SSSR count). The Morgan fingerprint density at radius 1 is 1.41 bits per heavy atom. The highest BCUT2D eigenvalue weighted by molar-refractivity contribution is 7.09. The van der Waals surface area contributed by atoms with Gasteiger partial charge in [-0.2, -0.15) is 0 Å². The summed E-state index contributed by atoms with van der Waals surface area (Å²) in [5, 5.41) is 6.22. The molecule has 0 aliphatic heterocycles. The van der Waals surface area contributed by atoms with E-state index in [0.717, 1.165) is 29.4 Å². The van der Waals surface area contributed by atoms with Crippen LogP contribution in [0.2, 0.25) is 0 Å². The summed E-state index contributed by atoms with van der Waals surface area (Å²) in [7, 11) is 0. The fourth-order valence-electron chi connectivity index (χ4n) is 1.51. The van der Waals surface area contributed by atoms with Crippen molar-refractivity contribution in [3.8, 4) is 11.3 Å². The molecule has 0 radical (unpaired) electrons. The molecule has 0 spiro atoms. The molecule has 1 N–H and O–H groups in total. The molecule has 0 atom stereocenters. The minimum atomic E-state index is -0.177. The van der Waals surface area contributed by atoms with E-state index in [9.17, 15) is 4.39 Å². The zero-order valence-electron chi connectivity index (χ0n) is 9.96. The van der Waals surface area contributed by atoms with Crippen LogP contribution in [-0.4, -0.2) is 11.5 Å². The minimum absolute atomic E-state index is 0.177. The van der Waals surface area contributed by atoms with E-state index in [1.807, 2.05) is 11.4 Å². The van der Waals surface area contributed by atoms with Gasteiger partial charge in [-0.25, -0.2) is 9.37 Å². The first-order valence-electron chi connectivity index (χ1n) is 5.62. The van der Waals surface area contributed by atoms with Gasteiger partial charge in [0.15, 0.2) is 0 Å². The van der Waals surface area contributed by atoms with Gasteiger partial charge in [-0.1, -0.05) is 19.1 Å². The second kappa shape index (κ2) is 5.38. The van der Waals surface area contributed by atoms with Crippen LogP contribution >= 0.6 is 11.3 Å². The lowest BCUT2D eigenvalue weighted by atomic mass is 10.1. The highest BCUT2D eigenvalue weighted by atomic mass is 32.1. The molecule has 0 bridgehead atoms. The number of hydrogen-bond donors (Lipinski definition) is 1. The van der Waals surface area contributed by atoms with Gasteiger partial charge in [0.05, 0.1) is 5.69 Å². The summed E-state index contributed by atoms with van der Waals surface area (Å²) in [5.74, 6) is -0.177. The van der Waals surface area contributed by atoms with Crippen molar-refractivity contribution in [3.63, 3.8) is 0 Å². The predicted octanol–water partition coefficient (Wildman–Crippen LogP) is 3.37. The summed E-state index contributed by atoms with van der Waals surface area (Å²) in [6.07, 6.45) is 0. The summed E-state index contributed by atoms with van der Waals surface area (Å²) in [5.41, 5.74) is 2.35. The molecule has 0 unspecified atom stereocenters. The first-order valence-corrected chi connectivity index (χ1v) is 6.50. The predicted molar refractivity (Wildman–Crippen MR) is 69.6 cm³/mol. The molecule has 0 aliphatic carbocycles. The van der Waals surface area contributed by atoms with Gasteiger partial charge in [0.25, 0.3) is 0 Å². The molecular weight excluding hydrogens is 235 g/mol. The molecule has 2 nitrogen and oxygen atoms in total. The minimum Gasteiger partial charge on any atom is -0.311 e. The second-order valence-electron chi connectivity index (χ2n) is 3.87. The van der Waals surface area contributed by atoms with Crippen LogP contribution in [0.4, 0.5) is 4.39 Å². The fraction of sp³-hybridized carbons (Fsp3) is 0.308. The quantitative estimate of drug-likeness (QED) is 0.900. The van der Waals surface area contributed by atoms with Crippen LogP contribution in [0.5, 0.6) is 0 Å². The highest BCUT2D eigenvalue weighted by Gasteiger charge is 2.06. The summed E-state index contributed by atoms with van der Waals surface area (Å²) >= 11 is 1.60. The Kier molecular flexibility index (Phi) is 3.86. The van der Waals surface area contributed by atoms with Gasteiger partial charge in [-0.3, -0.25) is 0 Å². The topological polar surface area (TPSA) is 24.9 Å². The summed E-state index contributed by atoms with van der Waals surface area (Å²) in [4.78, 5) is 4.48. The van der Waals surface area contributed by atoms with Gasteiger partial charge in [0.2, 0.25) is 0 Å². The first-order chi connectivity index (χ1) is 8.20. The lowest BCUT2D eigenvalue weighted by Gasteiger charge is -2.00. The largest absolute Gasteiger partial charge is 0.311 e. The number of nitrogens with one attached hydrogen (secondary N) is 1. The van der Waals surface area contributed by atoms with Crippen LogP contribution < -0.4 is 5.32 Å². The highest BCUT2D eigenvalue weighted by Crippen LogP contribution is 2.23. The van der Waals surface area contributed by atoms with E-state index in [2.05, 4.69) is 17.2 Å². The van der Waals surface area contributed by atoms with Gasteiger partial charge in [0.1, 0.15) is 10.8 Å². The third-order valence-electron chi connectivity index (χ3n) is 2.55. The normalized spacial score (nSPS) is 10.8. The Bertz CT molecular complexity index is 508. The van der Waals surface area contributed by atoms with E-state index in [1.54, 1.807) is 30.4 Å². The monoisotopic (exact) mass is 250 g/mol. The van der Waals surface area contributed by atoms with E-state index in [-0.39, 0.29) is 5.82 Å². The van der Waals surface area contributed by atoms with E-state index >= 15 is 0 Å². The standard InChI is InChI=1S/C13H15FN2S/c1-3-15-7-13-16-12(8-17-13)10-5-4-9(2)11(14)6-10/h4-6,8,15H,3,7H2,1-2H3. The lowest BCUT2D eigenvalue weighted by molar-refractivity contribution is 0.619. The van der Waals surface area contributed by atoms with Crippen molar-refractivity contribution in [2.75, 3.05) is 6.54 Å². The molecule has 0 saturated carbocycles. The smallest absolute Gasteiger partial charge is 0.126 e. The van der Waals surface area contributed by atoms with Gasteiger partial charge in [-0.15, -0.1) is 11.3 Å². The first kappa shape index (κ1) is 12.2. The number of thiazole rings is 1. The van der Waals surface area contributed by atoms with Gasteiger partial charge >= 0.3 is 0 Å². The Morgan fingerprint density at radius 2 is 2.24 bits per heavy atom. The number of halogens is 1. The average Bonchev–Trinajstić information content (AvgIpc) is 2.79. The lowest BCUT2D eigenvalue weighted by Crippen LogP contribution is -2.11. The third-order valence-corrected chi connectivity index (χ3v) is 3.39. The molecule has 1 aromatic carbocycles. The Labute approximate surface area is 105 Å². The number of rotatable bonds is 4. The van der Waals surface area contributed by atoms with E-state index in [4.69, 9.17) is 0 Å². The maximum absolute atomic E-state index is 13.4. The molecule has 1 heterocycles. The molecular formula is C13H15FN2S. The molecule has 1 aromatic heterocycles. The van der Waals surface area contributed by atoms with Crippen molar-refractivity contribution in [2.45, 2.75) is 20.4 Å². The summed E-state index contributed by atoms with van der Waals surface area (Å²) < 4.78 is 13.4. The number of benzene rings is 1.